The van der Waals surface area contributed by atoms with Gasteiger partial charge in [-0.1, -0.05) is 137 Å². The van der Waals surface area contributed by atoms with Crippen LogP contribution in [0, 0.1) is 23.8 Å². The van der Waals surface area contributed by atoms with Crippen molar-refractivity contribution in [3.8, 4) is 22.4 Å². The van der Waals surface area contributed by atoms with Gasteiger partial charge in [-0.05, 0) is 87.9 Å². The molecule has 3 nitrogen and oxygen atoms in total. The normalized spacial score (nSPS) is 13.5. The Morgan fingerprint density at radius 3 is 2.02 bits per heavy atom. The van der Waals surface area contributed by atoms with E-state index in [1.807, 2.05) is 27.7 Å². The Hall–Kier alpha value is -4.37. The molecule has 0 saturated carbocycles. The first-order chi connectivity index (χ1) is 25.3. The Morgan fingerprint density at radius 2 is 1.40 bits per heavy atom. The van der Waals surface area contributed by atoms with Crippen LogP contribution in [0.15, 0.2) is 115 Å². The van der Waals surface area contributed by atoms with Crippen LogP contribution in [-0.2, 0) is 36.7 Å². The standard InChI is InChI=1S/C36H26N.C13H24O2.Ir/c1-22(2)19-23-17-18-25-21-37-35-28-13-7-9-24-10-8-16-32(33(24)28)36(34(35)29(25)20-23)30-14-5-3-11-26(30)27-12-4-6-15-31(27)36;1-5-10(6-2)12(14)9-13(15)11(7-3)8-4;/h3-12,14-18,20-22H,19H2,1-2H3;9-11,14H,5-8H2,1-4H3;/q-1;;/b;12-9-;. The molecule has 1 aromatic heterocycles. The van der Waals surface area contributed by atoms with E-state index >= 15 is 0 Å². The second kappa shape index (κ2) is 15.9. The van der Waals surface area contributed by atoms with Gasteiger partial charge in [-0.2, -0.15) is 0 Å². The molecule has 0 atom stereocenters. The number of benzene rings is 5. The molecule has 1 N–H and O–H groups in total. The summed E-state index contributed by atoms with van der Waals surface area (Å²) in [6.07, 6.45) is 8.03. The summed E-state index contributed by atoms with van der Waals surface area (Å²) >= 11 is 0. The van der Waals surface area contributed by atoms with Gasteiger partial charge in [0.1, 0.15) is 0 Å². The number of ketones is 1. The van der Waals surface area contributed by atoms with Gasteiger partial charge in [0.15, 0.2) is 5.78 Å². The Labute approximate surface area is 328 Å². The van der Waals surface area contributed by atoms with Crippen LogP contribution in [0.1, 0.15) is 95.0 Å². The summed E-state index contributed by atoms with van der Waals surface area (Å²) in [5.74, 6) is 1.14. The minimum atomic E-state index is -0.437. The first-order valence-corrected chi connectivity index (χ1v) is 19.3. The Morgan fingerprint density at radius 1 is 0.774 bits per heavy atom. The fourth-order valence-electron chi connectivity index (χ4n) is 8.91. The molecule has 53 heavy (non-hydrogen) atoms. The summed E-state index contributed by atoms with van der Waals surface area (Å²) in [6, 6.07) is 39.6. The summed E-state index contributed by atoms with van der Waals surface area (Å²) in [5.41, 5.74) is 11.1. The number of hydrogen-bond donors (Lipinski definition) is 1. The fourth-order valence-corrected chi connectivity index (χ4v) is 8.91. The number of fused-ring (bicyclic) bond motifs is 11. The van der Waals surface area contributed by atoms with E-state index in [1.165, 1.54) is 66.6 Å². The SMILES string of the molecule is CC(C)Cc1ccc2cnc3c(c2c1)C1(c2ccccc2-c2ccccc21)c1cccc2cc[c-]c-3c12.CCC(CC)C(=O)/C=C(\O)C(CC)CC.[Ir]. The number of nitrogens with zero attached hydrogens (tertiary/aromatic N) is 1. The average molecular weight is 877 g/mol. The molecule has 0 aliphatic heterocycles. The largest absolute Gasteiger partial charge is 0.512 e. The zero-order valence-corrected chi connectivity index (χ0v) is 34.2. The van der Waals surface area contributed by atoms with Crippen molar-refractivity contribution < 1.29 is 30.0 Å². The van der Waals surface area contributed by atoms with Gasteiger partial charge in [-0.15, -0.1) is 29.1 Å². The van der Waals surface area contributed by atoms with Crippen LogP contribution in [0.2, 0.25) is 0 Å². The number of rotatable bonds is 9. The molecule has 0 fully saturated rings. The number of carbonyl (C=O) groups is 1. The van der Waals surface area contributed by atoms with Gasteiger partial charge in [-0.3, -0.25) is 4.79 Å². The molecule has 2 aliphatic rings. The smallest absolute Gasteiger partial charge is 0.162 e. The van der Waals surface area contributed by atoms with E-state index in [1.54, 1.807) is 0 Å². The van der Waals surface area contributed by atoms with E-state index in [9.17, 15) is 9.90 Å². The molecule has 273 valence electrons. The van der Waals surface area contributed by atoms with Gasteiger partial charge >= 0.3 is 0 Å². The molecule has 0 unspecified atom stereocenters. The van der Waals surface area contributed by atoms with Crippen molar-refractivity contribution in [2.45, 2.75) is 79.1 Å². The Kier molecular flexibility index (Phi) is 11.5. The van der Waals surface area contributed by atoms with Gasteiger partial charge in [0.05, 0.1) is 11.2 Å². The fraction of sp³-hybridized carbons (Fsp3) is 0.306. The summed E-state index contributed by atoms with van der Waals surface area (Å²) in [4.78, 5) is 16.9. The van der Waals surface area contributed by atoms with E-state index in [0.29, 0.717) is 5.92 Å². The van der Waals surface area contributed by atoms with Crippen LogP contribution in [-0.4, -0.2) is 15.9 Å². The molecule has 0 bridgehead atoms. The molecule has 1 spiro atoms. The minimum absolute atomic E-state index is 0. The third-order valence-corrected chi connectivity index (χ3v) is 11.5. The number of aliphatic hydroxyl groups excluding tert-OH is 1. The second-order valence-corrected chi connectivity index (χ2v) is 15.0. The van der Waals surface area contributed by atoms with E-state index in [4.69, 9.17) is 4.98 Å². The van der Waals surface area contributed by atoms with E-state index in [2.05, 4.69) is 123 Å². The summed E-state index contributed by atoms with van der Waals surface area (Å²) < 4.78 is 0. The first-order valence-electron chi connectivity index (χ1n) is 19.3. The van der Waals surface area contributed by atoms with Crippen molar-refractivity contribution in [3.63, 3.8) is 0 Å². The molecule has 0 amide bonds. The number of pyridine rings is 1. The van der Waals surface area contributed by atoms with E-state index < -0.39 is 5.41 Å². The average Bonchev–Trinajstić information content (AvgIpc) is 3.45. The number of aromatic nitrogens is 1. The zero-order valence-electron chi connectivity index (χ0n) is 31.8. The molecular formula is C49H50IrNO2-. The number of aliphatic hydroxyl groups is 1. The predicted molar refractivity (Wildman–Crippen MR) is 217 cm³/mol. The molecule has 1 radical (unpaired) electrons. The maximum Gasteiger partial charge on any atom is 0.162 e. The van der Waals surface area contributed by atoms with Crippen molar-refractivity contribution in [3.05, 3.63) is 149 Å². The maximum atomic E-state index is 11.7. The third-order valence-electron chi connectivity index (χ3n) is 11.5. The summed E-state index contributed by atoms with van der Waals surface area (Å²) in [5, 5.41) is 14.8. The van der Waals surface area contributed by atoms with Crippen molar-refractivity contribution in [1.29, 1.82) is 0 Å². The molecule has 6 aromatic rings. The van der Waals surface area contributed by atoms with Crippen molar-refractivity contribution in [1.82, 2.24) is 4.98 Å². The van der Waals surface area contributed by atoms with Crippen LogP contribution >= 0.6 is 0 Å². The van der Waals surface area contributed by atoms with Gasteiger partial charge in [0.25, 0.3) is 0 Å². The van der Waals surface area contributed by atoms with Crippen LogP contribution in [0.3, 0.4) is 0 Å². The van der Waals surface area contributed by atoms with Gasteiger partial charge in [-0.25, -0.2) is 0 Å². The maximum absolute atomic E-state index is 11.7. The molecule has 4 heteroatoms. The van der Waals surface area contributed by atoms with E-state index in [-0.39, 0.29) is 43.5 Å². The number of carbonyl (C=O) groups excluding carboxylic acids is 1. The topological polar surface area (TPSA) is 50.2 Å². The second-order valence-electron chi connectivity index (χ2n) is 15.0. The monoisotopic (exact) mass is 877 g/mol. The Balaban J connectivity index is 0.000000258. The van der Waals surface area contributed by atoms with Gasteiger partial charge in [0.2, 0.25) is 0 Å². The predicted octanol–water partition coefficient (Wildman–Crippen LogP) is 12.6. The van der Waals surface area contributed by atoms with Crippen molar-refractivity contribution >= 4 is 27.3 Å². The molecular weight excluding hydrogens is 827 g/mol. The molecule has 5 aromatic carbocycles. The summed E-state index contributed by atoms with van der Waals surface area (Å²) in [6.45, 7) is 12.7. The molecule has 0 saturated heterocycles. The number of hydrogen-bond acceptors (Lipinski definition) is 3. The number of allylic oxidation sites excluding steroid dienone is 2. The summed E-state index contributed by atoms with van der Waals surface area (Å²) in [7, 11) is 0. The minimum Gasteiger partial charge on any atom is -0.512 e. The first kappa shape index (κ1) is 38.4. The van der Waals surface area contributed by atoms with Crippen molar-refractivity contribution in [2.75, 3.05) is 0 Å². The third kappa shape index (κ3) is 6.49. The molecule has 8 rings (SSSR count). The van der Waals surface area contributed by atoms with Crippen LogP contribution in [0.4, 0.5) is 0 Å². The van der Waals surface area contributed by atoms with Gasteiger partial charge < -0.3 is 10.1 Å². The van der Waals surface area contributed by atoms with Crippen LogP contribution < -0.4 is 0 Å². The van der Waals surface area contributed by atoms with Gasteiger partial charge in [0, 0.05) is 44.2 Å². The van der Waals surface area contributed by atoms with Crippen LogP contribution in [0.25, 0.3) is 43.9 Å². The zero-order chi connectivity index (χ0) is 36.6. The molecule has 2 aliphatic carbocycles. The van der Waals surface area contributed by atoms with Crippen LogP contribution in [0.5, 0.6) is 0 Å². The van der Waals surface area contributed by atoms with Crippen molar-refractivity contribution in [2.24, 2.45) is 17.8 Å². The Bertz CT molecular complexity index is 2260. The molecule has 1 heterocycles. The quantitative estimate of drug-likeness (QED) is 0.0893. The van der Waals surface area contributed by atoms with E-state index in [0.717, 1.165) is 43.4 Å².